The summed E-state index contributed by atoms with van der Waals surface area (Å²) in [6.45, 7) is 13.2. The van der Waals surface area contributed by atoms with Gasteiger partial charge in [0, 0.05) is 12.1 Å². The highest BCUT2D eigenvalue weighted by Gasteiger charge is 2.82. The van der Waals surface area contributed by atoms with Crippen LogP contribution in [0.1, 0.15) is 92.4 Å². The Morgan fingerprint density at radius 2 is 1.45 bits per heavy atom. The highest BCUT2D eigenvalue weighted by molar-refractivity contribution is 5.31. The molecule has 0 saturated heterocycles. The Labute approximate surface area is 181 Å². The average Bonchev–Trinajstić information content (AvgIpc) is 3.24. The Hall–Kier alpha value is -0.0800. The Morgan fingerprint density at radius 1 is 0.793 bits per heavy atom. The first-order chi connectivity index (χ1) is 13.5. The van der Waals surface area contributed by atoms with Gasteiger partial charge in [-0.15, -0.1) is 0 Å². The van der Waals surface area contributed by atoms with Crippen LogP contribution < -0.4 is 5.32 Å². The molecule has 166 valence electrons. The molecule has 29 heavy (non-hydrogen) atoms. The molecule has 0 heterocycles. The molecule has 2 nitrogen and oxygen atoms in total. The minimum Gasteiger partial charge on any atom is -0.316 e. The van der Waals surface area contributed by atoms with Gasteiger partial charge in [0.15, 0.2) is 0 Å². The molecule has 2 spiro atoms. The van der Waals surface area contributed by atoms with Crippen molar-refractivity contribution in [2.45, 2.75) is 104 Å². The van der Waals surface area contributed by atoms with E-state index in [1.54, 1.807) is 6.42 Å². The molecule has 0 aliphatic heterocycles. The normalized spacial score (nSPS) is 56.2. The zero-order valence-corrected chi connectivity index (χ0v) is 20.7. The molecule has 5 aliphatic carbocycles. The molecular formula is C27H48N2. The standard InChI is InChI=1S/C27H48N2/c1-18(29(7)8)19-11-13-25(5)21-10-9-20-23(2,3)22(28-6)12-14-26(20)17-27(21,26)16-15-24(19,25)4/h18-22,28H,9-17H2,1-8H3/t18-,19+,20-,21?,22-,24+,25-,26+,27-/m0/s1. The van der Waals surface area contributed by atoms with Gasteiger partial charge < -0.3 is 10.2 Å². The molecule has 1 N–H and O–H groups in total. The van der Waals surface area contributed by atoms with Crippen LogP contribution in [0.5, 0.6) is 0 Å². The lowest BCUT2D eigenvalue weighted by Crippen LogP contribution is -2.59. The third kappa shape index (κ3) is 2.22. The number of fused-ring (bicyclic) bond motifs is 2. The van der Waals surface area contributed by atoms with Gasteiger partial charge in [-0.1, -0.05) is 27.7 Å². The van der Waals surface area contributed by atoms with Gasteiger partial charge >= 0.3 is 0 Å². The van der Waals surface area contributed by atoms with E-state index in [9.17, 15) is 0 Å². The molecule has 5 saturated carbocycles. The van der Waals surface area contributed by atoms with Crippen LogP contribution in [-0.2, 0) is 0 Å². The largest absolute Gasteiger partial charge is 0.316 e. The highest BCUT2D eigenvalue weighted by atomic mass is 15.1. The van der Waals surface area contributed by atoms with E-state index < -0.39 is 0 Å². The summed E-state index contributed by atoms with van der Waals surface area (Å²) in [7, 11) is 6.81. The zero-order valence-electron chi connectivity index (χ0n) is 20.7. The van der Waals surface area contributed by atoms with Crippen molar-refractivity contribution in [1.29, 1.82) is 0 Å². The first-order valence-electron chi connectivity index (χ1n) is 12.8. The van der Waals surface area contributed by atoms with Crippen molar-refractivity contribution in [3.8, 4) is 0 Å². The van der Waals surface area contributed by atoms with Crippen LogP contribution in [0, 0.1) is 44.8 Å². The topological polar surface area (TPSA) is 15.3 Å². The molecule has 5 fully saturated rings. The fraction of sp³-hybridized carbons (Fsp3) is 1.00. The van der Waals surface area contributed by atoms with E-state index in [0.29, 0.717) is 39.2 Å². The predicted molar refractivity (Wildman–Crippen MR) is 123 cm³/mol. The highest BCUT2D eigenvalue weighted by Crippen LogP contribution is 2.88. The summed E-state index contributed by atoms with van der Waals surface area (Å²) in [6, 6.07) is 1.43. The van der Waals surface area contributed by atoms with E-state index in [0.717, 1.165) is 17.8 Å². The van der Waals surface area contributed by atoms with Crippen molar-refractivity contribution < 1.29 is 0 Å². The van der Waals surface area contributed by atoms with Gasteiger partial charge in [0.1, 0.15) is 0 Å². The predicted octanol–water partition coefficient (Wildman–Crippen LogP) is 5.96. The molecule has 1 unspecified atom stereocenters. The van der Waals surface area contributed by atoms with Crippen LogP contribution >= 0.6 is 0 Å². The van der Waals surface area contributed by atoms with Crippen LogP contribution in [0.4, 0.5) is 0 Å². The van der Waals surface area contributed by atoms with Crippen molar-refractivity contribution in [2.75, 3.05) is 21.1 Å². The summed E-state index contributed by atoms with van der Waals surface area (Å²) in [5.74, 6) is 2.82. The average molecular weight is 401 g/mol. The van der Waals surface area contributed by atoms with E-state index >= 15 is 0 Å². The lowest BCUT2D eigenvalue weighted by Gasteiger charge is -2.63. The van der Waals surface area contributed by atoms with Gasteiger partial charge in [0.2, 0.25) is 0 Å². The summed E-state index contributed by atoms with van der Waals surface area (Å²) >= 11 is 0. The van der Waals surface area contributed by atoms with Crippen LogP contribution in [0.2, 0.25) is 0 Å². The smallest absolute Gasteiger partial charge is 0.0118 e. The molecular weight excluding hydrogens is 352 g/mol. The summed E-state index contributed by atoms with van der Waals surface area (Å²) in [5.41, 5.74) is 2.97. The van der Waals surface area contributed by atoms with Crippen molar-refractivity contribution in [1.82, 2.24) is 10.2 Å². The van der Waals surface area contributed by atoms with Crippen molar-refractivity contribution in [3.63, 3.8) is 0 Å². The van der Waals surface area contributed by atoms with Gasteiger partial charge in [-0.3, -0.25) is 0 Å². The minimum absolute atomic E-state index is 0.459. The summed E-state index contributed by atoms with van der Waals surface area (Å²) < 4.78 is 0. The summed E-state index contributed by atoms with van der Waals surface area (Å²) in [6.07, 6.45) is 13.5. The molecule has 5 aliphatic rings. The van der Waals surface area contributed by atoms with Crippen LogP contribution in [0.25, 0.3) is 0 Å². The number of nitrogens with zero attached hydrogens (tertiary/aromatic N) is 1. The monoisotopic (exact) mass is 400 g/mol. The van der Waals surface area contributed by atoms with Crippen LogP contribution in [0.3, 0.4) is 0 Å². The van der Waals surface area contributed by atoms with E-state index in [1.807, 2.05) is 0 Å². The third-order valence-corrected chi connectivity index (χ3v) is 13.0. The summed E-state index contributed by atoms with van der Waals surface area (Å²) in [5, 5.41) is 3.71. The van der Waals surface area contributed by atoms with E-state index in [1.165, 1.54) is 51.4 Å². The Kier molecular flexibility index (Phi) is 4.33. The number of rotatable bonds is 3. The molecule has 0 amide bonds. The lowest BCUT2D eigenvalue weighted by molar-refractivity contribution is -0.146. The second kappa shape index (κ2) is 6.03. The maximum absolute atomic E-state index is 3.71. The maximum Gasteiger partial charge on any atom is 0.0118 e. The molecule has 0 radical (unpaired) electrons. The van der Waals surface area contributed by atoms with Crippen molar-refractivity contribution in [2.24, 2.45) is 44.8 Å². The number of hydrogen-bond donors (Lipinski definition) is 1. The first-order valence-corrected chi connectivity index (χ1v) is 12.8. The van der Waals surface area contributed by atoms with Gasteiger partial charge in [0.25, 0.3) is 0 Å². The Morgan fingerprint density at radius 3 is 2.10 bits per heavy atom. The van der Waals surface area contributed by atoms with Crippen LogP contribution in [-0.4, -0.2) is 38.1 Å². The van der Waals surface area contributed by atoms with Gasteiger partial charge in [0.05, 0.1) is 0 Å². The molecule has 0 bridgehead atoms. The van der Waals surface area contributed by atoms with E-state index in [2.05, 4.69) is 66.0 Å². The van der Waals surface area contributed by atoms with Gasteiger partial charge in [-0.25, -0.2) is 0 Å². The Balaban J connectivity index is 1.49. The van der Waals surface area contributed by atoms with Gasteiger partial charge in [-0.05, 0) is 131 Å². The Bertz CT molecular complexity index is 684. The molecule has 0 aromatic rings. The molecule has 0 aromatic heterocycles. The van der Waals surface area contributed by atoms with Crippen molar-refractivity contribution >= 4 is 0 Å². The number of hydrogen-bond acceptors (Lipinski definition) is 2. The van der Waals surface area contributed by atoms with E-state index in [-0.39, 0.29) is 0 Å². The molecule has 9 atom stereocenters. The third-order valence-electron chi connectivity index (χ3n) is 13.0. The first kappa shape index (κ1) is 20.8. The van der Waals surface area contributed by atoms with Crippen molar-refractivity contribution in [3.05, 3.63) is 0 Å². The number of nitrogens with one attached hydrogen (secondary N) is 1. The zero-order chi connectivity index (χ0) is 21.0. The second-order valence-corrected chi connectivity index (χ2v) is 13.6. The lowest BCUT2D eigenvalue weighted by atomic mass is 9.42. The molecule has 5 rings (SSSR count). The van der Waals surface area contributed by atoms with E-state index in [4.69, 9.17) is 0 Å². The minimum atomic E-state index is 0.459. The second-order valence-electron chi connectivity index (χ2n) is 13.6. The molecule has 2 heteroatoms. The van der Waals surface area contributed by atoms with Crippen LogP contribution in [0.15, 0.2) is 0 Å². The SMILES string of the molecule is CN[C@H]1CC[C@]23C[C@]24CC[C@]2(C)[C@@H]([C@H](C)N(C)C)CC[C@@]2(C)C4CC[C@H]3C1(C)C. The van der Waals surface area contributed by atoms with Gasteiger partial charge in [-0.2, -0.15) is 0 Å². The fourth-order valence-electron chi connectivity index (χ4n) is 11.1. The maximum atomic E-state index is 3.71. The quantitative estimate of drug-likeness (QED) is 0.628. The molecule has 0 aromatic carbocycles. The fourth-order valence-corrected chi connectivity index (χ4v) is 11.1. The summed E-state index contributed by atoms with van der Waals surface area (Å²) in [4.78, 5) is 2.50.